The summed E-state index contributed by atoms with van der Waals surface area (Å²) in [5.74, 6) is -2.20. The van der Waals surface area contributed by atoms with E-state index in [0.717, 1.165) is 9.80 Å². The topological polar surface area (TPSA) is 57.7 Å². The normalized spacial score (nSPS) is 15.7. The standard InChI is InChI=1S/C14H15FN2O3/c1-9(2)7-16-12(18)13(19)17(14(16)20)8-10-5-3-4-6-11(10)15/h3-6,9H,7-8H2,1-2H3. The lowest BCUT2D eigenvalue weighted by Gasteiger charge is -2.17. The second-order valence-corrected chi connectivity index (χ2v) is 5.07. The monoisotopic (exact) mass is 278 g/mol. The Balaban J connectivity index is 2.21. The van der Waals surface area contributed by atoms with E-state index in [1.165, 1.54) is 18.2 Å². The molecule has 1 heterocycles. The molecule has 0 radical (unpaired) electrons. The minimum atomic E-state index is -0.904. The summed E-state index contributed by atoms with van der Waals surface area (Å²) in [6.07, 6.45) is 0. The molecule has 1 aromatic carbocycles. The Morgan fingerprint density at radius 2 is 1.65 bits per heavy atom. The van der Waals surface area contributed by atoms with Gasteiger partial charge in [0.25, 0.3) is 0 Å². The highest BCUT2D eigenvalue weighted by molar-refractivity contribution is 6.44. The molecule has 0 spiro atoms. The predicted molar refractivity (Wildman–Crippen MR) is 68.9 cm³/mol. The van der Waals surface area contributed by atoms with E-state index in [4.69, 9.17) is 0 Å². The van der Waals surface area contributed by atoms with E-state index < -0.39 is 23.7 Å². The summed E-state index contributed by atoms with van der Waals surface area (Å²) in [5.41, 5.74) is 0.202. The van der Waals surface area contributed by atoms with Crippen molar-refractivity contribution in [3.8, 4) is 0 Å². The number of hydrogen-bond acceptors (Lipinski definition) is 3. The lowest BCUT2D eigenvalue weighted by Crippen LogP contribution is -2.35. The van der Waals surface area contributed by atoms with Crippen molar-refractivity contribution in [1.29, 1.82) is 0 Å². The molecule has 0 aromatic heterocycles. The molecule has 0 unspecified atom stereocenters. The number of hydrogen-bond donors (Lipinski definition) is 0. The van der Waals surface area contributed by atoms with Gasteiger partial charge in [0.1, 0.15) is 5.82 Å². The van der Waals surface area contributed by atoms with Crippen molar-refractivity contribution in [1.82, 2.24) is 9.80 Å². The second kappa shape index (κ2) is 5.40. The molecule has 106 valence electrons. The molecular formula is C14H15FN2O3. The summed E-state index contributed by atoms with van der Waals surface area (Å²) in [5, 5.41) is 0. The maximum Gasteiger partial charge on any atom is 0.334 e. The van der Waals surface area contributed by atoms with Gasteiger partial charge < -0.3 is 0 Å². The number of rotatable bonds is 4. The molecule has 0 saturated carbocycles. The van der Waals surface area contributed by atoms with Crippen molar-refractivity contribution in [3.05, 3.63) is 35.6 Å². The van der Waals surface area contributed by atoms with Crippen molar-refractivity contribution in [2.75, 3.05) is 6.54 Å². The quantitative estimate of drug-likeness (QED) is 0.623. The van der Waals surface area contributed by atoms with Gasteiger partial charge in [-0.25, -0.2) is 9.18 Å². The van der Waals surface area contributed by atoms with Gasteiger partial charge >= 0.3 is 17.8 Å². The summed E-state index contributed by atoms with van der Waals surface area (Å²) in [7, 11) is 0. The fourth-order valence-electron chi connectivity index (χ4n) is 2.01. The number of halogens is 1. The van der Waals surface area contributed by atoms with Gasteiger partial charge in [-0.2, -0.15) is 0 Å². The van der Waals surface area contributed by atoms with Gasteiger partial charge in [0.15, 0.2) is 0 Å². The second-order valence-electron chi connectivity index (χ2n) is 5.07. The van der Waals surface area contributed by atoms with E-state index in [1.54, 1.807) is 6.07 Å². The molecule has 20 heavy (non-hydrogen) atoms. The van der Waals surface area contributed by atoms with Crippen LogP contribution in [0.3, 0.4) is 0 Å². The summed E-state index contributed by atoms with van der Waals surface area (Å²) < 4.78 is 13.6. The fourth-order valence-corrected chi connectivity index (χ4v) is 2.01. The minimum Gasteiger partial charge on any atom is -0.263 e. The van der Waals surface area contributed by atoms with Gasteiger partial charge in [-0.15, -0.1) is 0 Å². The highest BCUT2D eigenvalue weighted by Gasteiger charge is 2.44. The average molecular weight is 278 g/mol. The first-order valence-electron chi connectivity index (χ1n) is 6.32. The predicted octanol–water partition coefficient (Wildman–Crippen LogP) is 1.77. The Labute approximate surface area is 116 Å². The number of imide groups is 2. The molecule has 5 nitrogen and oxygen atoms in total. The van der Waals surface area contributed by atoms with Crippen LogP contribution in [0.2, 0.25) is 0 Å². The fraction of sp³-hybridized carbons (Fsp3) is 0.357. The Bertz CT molecular complexity index is 571. The first-order valence-corrected chi connectivity index (χ1v) is 6.32. The van der Waals surface area contributed by atoms with Gasteiger partial charge in [0, 0.05) is 12.1 Å². The molecule has 2 rings (SSSR count). The van der Waals surface area contributed by atoms with Gasteiger partial charge in [0.05, 0.1) is 6.54 Å². The van der Waals surface area contributed by atoms with Crippen molar-refractivity contribution >= 4 is 17.8 Å². The van der Waals surface area contributed by atoms with Crippen LogP contribution in [0.5, 0.6) is 0 Å². The van der Waals surface area contributed by atoms with Crippen molar-refractivity contribution in [3.63, 3.8) is 0 Å². The zero-order valence-electron chi connectivity index (χ0n) is 11.3. The number of carbonyl (C=O) groups excluding carboxylic acids is 3. The largest absolute Gasteiger partial charge is 0.334 e. The van der Waals surface area contributed by atoms with E-state index in [9.17, 15) is 18.8 Å². The van der Waals surface area contributed by atoms with Crippen LogP contribution in [0.15, 0.2) is 24.3 Å². The first kappa shape index (κ1) is 14.2. The molecule has 6 heteroatoms. The van der Waals surface area contributed by atoms with E-state index in [0.29, 0.717) is 0 Å². The third kappa shape index (κ3) is 2.54. The molecule has 1 aliphatic rings. The van der Waals surface area contributed by atoms with E-state index >= 15 is 0 Å². The summed E-state index contributed by atoms with van der Waals surface area (Å²) in [6, 6.07) is 5.16. The Morgan fingerprint density at radius 3 is 2.25 bits per heavy atom. The zero-order chi connectivity index (χ0) is 14.9. The van der Waals surface area contributed by atoms with Crippen LogP contribution in [0.4, 0.5) is 9.18 Å². The Morgan fingerprint density at radius 1 is 1.05 bits per heavy atom. The zero-order valence-corrected chi connectivity index (χ0v) is 11.3. The molecule has 0 bridgehead atoms. The molecule has 0 aliphatic carbocycles. The lowest BCUT2D eigenvalue weighted by atomic mass is 10.2. The molecule has 1 saturated heterocycles. The lowest BCUT2D eigenvalue weighted by molar-refractivity contribution is -0.143. The van der Waals surface area contributed by atoms with Crippen molar-refractivity contribution < 1.29 is 18.8 Å². The first-order chi connectivity index (χ1) is 9.41. The van der Waals surface area contributed by atoms with Crippen LogP contribution in [0.1, 0.15) is 19.4 Å². The van der Waals surface area contributed by atoms with E-state index in [-0.39, 0.29) is 24.6 Å². The molecule has 1 fully saturated rings. The average Bonchev–Trinajstić information content (AvgIpc) is 2.58. The highest BCUT2D eigenvalue weighted by atomic mass is 19.1. The highest BCUT2D eigenvalue weighted by Crippen LogP contribution is 2.18. The van der Waals surface area contributed by atoms with Crippen molar-refractivity contribution in [2.45, 2.75) is 20.4 Å². The molecule has 4 amide bonds. The van der Waals surface area contributed by atoms with Crippen LogP contribution >= 0.6 is 0 Å². The van der Waals surface area contributed by atoms with Crippen molar-refractivity contribution in [2.24, 2.45) is 5.92 Å². The van der Waals surface area contributed by atoms with Gasteiger partial charge in [-0.05, 0) is 12.0 Å². The number of carbonyl (C=O) groups is 3. The van der Waals surface area contributed by atoms with Crippen LogP contribution in [-0.2, 0) is 16.1 Å². The van der Waals surface area contributed by atoms with Crippen LogP contribution in [-0.4, -0.2) is 34.2 Å². The van der Waals surface area contributed by atoms with Crippen LogP contribution in [0.25, 0.3) is 0 Å². The molecule has 0 N–H and O–H groups in total. The van der Waals surface area contributed by atoms with E-state index in [1.807, 2.05) is 13.8 Å². The summed E-state index contributed by atoms with van der Waals surface area (Å²) >= 11 is 0. The Hall–Kier alpha value is -2.24. The van der Waals surface area contributed by atoms with Gasteiger partial charge in [0.2, 0.25) is 0 Å². The van der Waals surface area contributed by atoms with Gasteiger partial charge in [-0.3, -0.25) is 19.4 Å². The van der Waals surface area contributed by atoms with Crippen LogP contribution < -0.4 is 0 Å². The number of benzene rings is 1. The molecule has 1 aliphatic heterocycles. The smallest absolute Gasteiger partial charge is 0.263 e. The van der Waals surface area contributed by atoms with E-state index in [2.05, 4.69) is 0 Å². The Kier molecular flexibility index (Phi) is 3.83. The maximum atomic E-state index is 13.6. The number of amides is 4. The van der Waals surface area contributed by atoms with Gasteiger partial charge in [-0.1, -0.05) is 32.0 Å². The molecular weight excluding hydrogens is 263 g/mol. The maximum absolute atomic E-state index is 13.6. The minimum absolute atomic E-state index is 0.0594. The SMILES string of the molecule is CC(C)CN1C(=O)C(=O)N(Cc2ccccc2F)C1=O. The third-order valence-corrected chi connectivity index (χ3v) is 2.97. The van der Waals surface area contributed by atoms with Crippen LogP contribution in [0, 0.1) is 11.7 Å². The number of urea groups is 1. The number of nitrogens with zero attached hydrogens (tertiary/aromatic N) is 2. The molecule has 1 aromatic rings. The third-order valence-electron chi connectivity index (χ3n) is 2.97. The molecule has 0 atom stereocenters. The summed E-state index contributed by atoms with van der Waals surface area (Å²) in [4.78, 5) is 37.3. The summed E-state index contributed by atoms with van der Waals surface area (Å²) in [6.45, 7) is 3.62.